The van der Waals surface area contributed by atoms with Gasteiger partial charge >= 0.3 is 23.9 Å². The second kappa shape index (κ2) is 14.2. The van der Waals surface area contributed by atoms with Gasteiger partial charge in [-0.3, -0.25) is 9.59 Å². The molecule has 0 unspecified atom stereocenters. The van der Waals surface area contributed by atoms with Crippen LogP contribution in [0.25, 0.3) is 0 Å². The number of esters is 4. The summed E-state index contributed by atoms with van der Waals surface area (Å²) in [4.78, 5) is 51.6. The van der Waals surface area contributed by atoms with Gasteiger partial charge in [-0.25, -0.2) is 9.59 Å². The summed E-state index contributed by atoms with van der Waals surface area (Å²) in [5, 5.41) is 23.6. The summed E-state index contributed by atoms with van der Waals surface area (Å²) < 4.78 is 29.3. The Labute approximate surface area is 254 Å². The molecule has 2 rings (SSSR count). The third-order valence-corrected chi connectivity index (χ3v) is 8.65. The molecule has 1 aliphatic heterocycles. The van der Waals surface area contributed by atoms with Crippen molar-refractivity contribution in [2.24, 2.45) is 11.8 Å². The average molecular weight is 609 g/mol. The number of aliphatic hydroxyl groups is 2. The maximum Gasteiger partial charge on any atom is 0.333 e. The van der Waals surface area contributed by atoms with Crippen LogP contribution in [0.3, 0.4) is 0 Å². The van der Waals surface area contributed by atoms with Gasteiger partial charge in [-0.05, 0) is 61.3 Å². The van der Waals surface area contributed by atoms with E-state index in [2.05, 4.69) is 6.58 Å². The van der Waals surface area contributed by atoms with Crippen LogP contribution in [0.5, 0.6) is 0 Å². The number of carbonyl (C=O) groups is 4. The molecule has 1 saturated heterocycles. The van der Waals surface area contributed by atoms with Crippen LogP contribution in [0.4, 0.5) is 0 Å². The summed E-state index contributed by atoms with van der Waals surface area (Å²) in [6.45, 7) is 19.7. The van der Waals surface area contributed by atoms with Crippen molar-refractivity contribution in [2.75, 3.05) is 0 Å². The summed E-state index contributed by atoms with van der Waals surface area (Å²) in [5.41, 5.74) is -2.63. The van der Waals surface area contributed by atoms with Crippen molar-refractivity contribution >= 4 is 23.9 Å². The molecule has 1 saturated carbocycles. The standard InChI is InChI=1S/C32H48O11/c1-12-17(6)28(35)40-24-21(16(4)5)15-22(39-20(9)33)31(10,38)25(41-29(36)18(7)13-2)23(34)26-32(11,43-26)27(24)42-30(37)19(8)14-3/h13-14,17,21-27,34,38H,4,12,15H2,1-3,5-11H3/b18-13-,19-14-/t17-,21-,22-,23-,24+,25+,26-,27+,31+,32-/m1/s1. The molecule has 2 N–H and O–H groups in total. The van der Waals surface area contributed by atoms with Gasteiger partial charge in [0.2, 0.25) is 0 Å². The summed E-state index contributed by atoms with van der Waals surface area (Å²) in [5.74, 6) is -4.18. The SMILES string of the molecule is C=C(C)[C@H]1C[C@@H](OC(C)=O)[C@](C)(O)[C@@H](OC(=O)/C(C)=C\C)[C@@H](O)[C@H]2O[C@@]2(C)[C@@H](OC(=O)/C(C)=C\C)[C@H]1OC(=O)[C@H](C)CC. The highest BCUT2D eigenvalue weighted by atomic mass is 16.7. The lowest BCUT2D eigenvalue weighted by atomic mass is 9.74. The van der Waals surface area contributed by atoms with Crippen LogP contribution in [-0.2, 0) is 42.9 Å². The average Bonchev–Trinajstić information content (AvgIpc) is 3.64. The van der Waals surface area contributed by atoms with E-state index in [1.165, 1.54) is 19.9 Å². The highest BCUT2D eigenvalue weighted by molar-refractivity contribution is 5.88. The number of fused-ring (bicyclic) bond motifs is 1. The number of hydrogen-bond acceptors (Lipinski definition) is 11. The molecule has 11 heteroatoms. The number of hydrogen-bond donors (Lipinski definition) is 2. The molecule has 0 aromatic carbocycles. The molecular formula is C32H48O11. The van der Waals surface area contributed by atoms with Gasteiger partial charge in [-0.1, -0.05) is 38.2 Å². The van der Waals surface area contributed by atoms with Gasteiger partial charge in [0.15, 0.2) is 12.2 Å². The second-order valence-electron chi connectivity index (χ2n) is 12.0. The van der Waals surface area contributed by atoms with Gasteiger partial charge in [-0.15, -0.1) is 0 Å². The topological polar surface area (TPSA) is 158 Å². The molecule has 2 fully saturated rings. The quantitative estimate of drug-likeness (QED) is 0.130. The van der Waals surface area contributed by atoms with E-state index in [1.807, 2.05) is 6.92 Å². The Kier molecular flexibility index (Phi) is 11.9. The lowest BCUT2D eigenvalue weighted by molar-refractivity contribution is -0.213. The number of carbonyl (C=O) groups excluding carboxylic acids is 4. The smallest absolute Gasteiger partial charge is 0.333 e. The Bertz CT molecular complexity index is 1150. The first-order valence-electron chi connectivity index (χ1n) is 14.7. The van der Waals surface area contributed by atoms with E-state index in [0.717, 1.165) is 6.92 Å². The number of rotatable bonds is 9. The van der Waals surface area contributed by atoms with Crippen molar-refractivity contribution in [1.29, 1.82) is 0 Å². The van der Waals surface area contributed by atoms with Crippen LogP contribution >= 0.6 is 0 Å². The maximum atomic E-state index is 13.2. The fourth-order valence-electron chi connectivity index (χ4n) is 5.14. The fourth-order valence-corrected chi connectivity index (χ4v) is 5.14. The molecule has 0 aromatic rings. The lowest BCUT2D eigenvalue weighted by Gasteiger charge is -2.44. The normalized spacial score (nSPS) is 35.5. The van der Waals surface area contributed by atoms with E-state index in [-0.39, 0.29) is 17.6 Å². The Morgan fingerprint density at radius 2 is 1.47 bits per heavy atom. The van der Waals surface area contributed by atoms with Crippen LogP contribution < -0.4 is 0 Å². The largest absolute Gasteiger partial charge is 0.459 e. The Hall–Kier alpha value is -3.02. The van der Waals surface area contributed by atoms with E-state index in [4.69, 9.17) is 23.7 Å². The van der Waals surface area contributed by atoms with Crippen LogP contribution in [0, 0.1) is 11.8 Å². The van der Waals surface area contributed by atoms with Gasteiger partial charge in [0.05, 0.1) is 5.92 Å². The Balaban J connectivity index is 2.84. The van der Waals surface area contributed by atoms with Crippen LogP contribution in [-0.4, -0.2) is 81.9 Å². The van der Waals surface area contributed by atoms with Crippen LogP contribution in [0.1, 0.15) is 82.1 Å². The zero-order valence-electron chi connectivity index (χ0n) is 27.0. The Morgan fingerprint density at radius 1 is 0.953 bits per heavy atom. The molecule has 242 valence electrons. The fraction of sp³-hybridized carbons (Fsp3) is 0.688. The zero-order chi connectivity index (χ0) is 33.0. The molecule has 0 spiro atoms. The van der Waals surface area contributed by atoms with Crippen molar-refractivity contribution in [1.82, 2.24) is 0 Å². The Morgan fingerprint density at radius 3 is 1.91 bits per heavy atom. The first kappa shape index (κ1) is 36.2. The first-order chi connectivity index (χ1) is 19.9. The molecular weight excluding hydrogens is 560 g/mol. The van der Waals surface area contributed by atoms with Crippen LogP contribution in [0.2, 0.25) is 0 Å². The monoisotopic (exact) mass is 608 g/mol. The lowest BCUT2D eigenvalue weighted by Crippen LogP contribution is -2.62. The van der Waals surface area contributed by atoms with Crippen molar-refractivity contribution in [2.45, 2.75) is 130 Å². The summed E-state index contributed by atoms with van der Waals surface area (Å²) in [7, 11) is 0. The van der Waals surface area contributed by atoms with E-state index in [9.17, 15) is 29.4 Å². The number of aliphatic hydroxyl groups excluding tert-OH is 1. The molecule has 1 heterocycles. The van der Waals surface area contributed by atoms with Gasteiger partial charge in [-0.2, -0.15) is 0 Å². The van der Waals surface area contributed by atoms with Gasteiger partial charge < -0.3 is 33.9 Å². The minimum Gasteiger partial charge on any atom is -0.459 e. The van der Waals surface area contributed by atoms with Gasteiger partial charge in [0, 0.05) is 24.0 Å². The molecule has 0 radical (unpaired) electrons. The summed E-state index contributed by atoms with van der Waals surface area (Å²) in [6, 6.07) is 0. The molecule has 2 aliphatic rings. The molecule has 0 amide bonds. The molecule has 11 nitrogen and oxygen atoms in total. The predicted molar refractivity (Wildman–Crippen MR) is 156 cm³/mol. The van der Waals surface area contributed by atoms with E-state index in [0.29, 0.717) is 12.0 Å². The molecule has 1 aliphatic carbocycles. The van der Waals surface area contributed by atoms with Crippen LogP contribution in [0.15, 0.2) is 35.5 Å². The highest BCUT2D eigenvalue weighted by Crippen LogP contribution is 2.50. The molecule has 0 aromatic heterocycles. The summed E-state index contributed by atoms with van der Waals surface area (Å²) >= 11 is 0. The molecule has 43 heavy (non-hydrogen) atoms. The second-order valence-corrected chi connectivity index (χ2v) is 12.0. The number of ether oxygens (including phenoxy) is 5. The minimum absolute atomic E-state index is 0.193. The van der Waals surface area contributed by atoms with E-state index in [1.54, 1.807) is 47.6 Å². The molecule has 0 bridgehead atoms. The maximum absolute atomic E-state index is 13.2. The van der Waals surface area contributed by atoms with E-state index >= 15 is 0 Å². The first-order valence-corrected chi connectivity index (χ1v) is 14.7. The highest BCUT2D eigenvalue weighted by Gasteiger charge is 2.70. The number of allylic oxidation sites excluding steroid dienone is 2. The molecule has 10 atom stereocenters. The third-order valence-electron chi connectivity index (χ3n) is 8.65. The third kappa shape index (κ3) is 7.93. The van der Waals surface area contributed by atoms with Gasteiger partial charge in [0.1, 0.15) is 35.6 Å². The number of epoxide rings is 1. The van der Waals surface area contributed by atoms with Crippen molar-refractivity contribution in [3.8, 4) is 0 Å². The van der Waals surface area contributed by atoms with Crippen molar-refractivity contribution < 1.29 is 53.1 Å². The zero-order valence-corrected chi connectivity index (χ0v) is 27.0. The van der Waals surface area contributed by atoms with E-state index < -0.39 is 83.5 Å². The van der Waals surface area contributed by atoms with Crippen molar-refractivity contribution in [3.63, 3.8) is 0 Å². The van der Waals surface area contributed by atoms with Crippen molar-refractivity contribution in [3.05, 3.63) is 35.5 Å². The summed E-state index contributed by atoms with van der Waals surface area (Å²) in [6.07, 6.45) is -5.01. The minimum atomic E-state index is -2.16. The van der Waals surface area contributed by atoms with Gasteiger partial charge in [0.25, 0.3) is 0 Å². The predicted octanol–water partition coefficient (Wildman–Crippen LogP) is 3.50.